The average Bonchev–Trinajstić information content (AvgIpc) is 2.93. The van der Waals surface area contributed by atoms with Crippen LogP contribution in [0.15, 0.2) is 54.6 Å². The second-order valence-electron chi connectivity index (χ2n) is 5.31. The fourth-order valence-electron chi connectivity index (χ4n) is 2.35. The van der Waals surface area contributed by atoms with Crippen LogP contribution in [0, 0.1) is 0 Å². The number of hydrogen-bond acceptors (Lipinski definition) is 4. The SMILES string of the molecule is NC(=O)c1ccc(C(=O)OCc2c(Cl)nc(Cl)n2-c2ccccc2)cc1. The van der Waals surface area contributed by atoms with Crippen LogP contribution >= 0.6 is 23.2 Å². The zero-order valence-electron chi connectivity index (χ0n) is 13.4. The van der Waals surface area contributed by atoms with E-state index in [1.807, 2.05) is 30.3 Å². The lowest BCUT2D eigenvalue weighted by Gasteiger charge is -2.10. The molecule has 0 aliphatic rings. The molecule has 1 heterocycles. The molecule has 0 bridgehead atoms. The summed E-state index contributed by atoms with van der Waals surface area (Å²) in [6.45, 7) is -0.121. The Kier molecular flexibility index (Phi) is 5.25. The molecular weight excluding hydrogens is 377 g/mol. The molecular formula is C18H13Cl2N3O3. The van der Waals surface area contributed by atoms with E-state index in [-0.39, 0.29) is 22.6 Å². The average molecular weight is 390 g/mol. The molecule has 0 fully saturated rings. The predicted molar refractivity (Wildman–Crippen MR) is 97.7 cm³/mol. The highest BCUT2D eigenvalue weighted by Gasteiger charge is 2.18. The normalized spacial score (nSPS) is 10.5. The fourth-order valence-corrected chi connectivity index (χ4v) is 2.90. The smallest absolute Gasteiger partial charge is 0.338 e. The van der Waals surface area contributed by atoms with Crippen molar-refractivity contribution in [1.82, 2.24) is 9.55 Å². The first-order chi connectivity index (χ1) is 12.5. The summed E-state index contributed by atoms with van der Waals surface area (Å²) in [7, 11) is 0. The van der Waals surface area contributed by atoms with Gasteiger partial charge < -0.3 is 10.5 Å². The number of nitrogens with two attached hydrogens (primary N) is 1. The summed E-state index contributed by atoms with van der Waals surface area (Å²) in [4.78, 5) is 27.3. The predicted octanol–water partition coefficient (Wildman–Crippen LogP) is 3.64. The molecule has 0 radical (unpaired) electrons. The van der Waals surface area contributed by atoms with Crippen molar-refractivity contribution in [2.45, 2.75) is 6.61 Å². The van der Waals surface area contributed by atoms with E-state index in [0.29, 0.717) is 11.3 Å². The molecule has 2 N–H and O–H groups in total. The van der Waals surface area contributed by atoms with E-state index in [4.69, 9.17) is 33.7 Å². The number of para-hydroxylation sites is 1. The largest absolute Gasteiger partial charge is 0.456 e. The van der Waals surface area contributed by atoms with Gasteiger partial charge in [-0.25, -0.2) is 9.78 Å². The molecule has 132 valence electrons. The number of rotatable bonds is 5. The van der Waals surface area contributed by atoms with Gasteiger partial charge in [-0.3, -0.25) is 9.36 Å². The number of primary amides is 1. The number of carbonyl (C=O) groups is 2. The lowest BCUT2D eigenvalue weighted by molar-refractivity contribution is 0.0466. The fraction of sp³-hybridized carbons (Fsp3) is 0.0556. The minimum Gasteiger partial charge on any atom is -0.456 e. The third-order valence-corrected chi connectivity index (χ3v) is 4.20. The van der Waals surface area contributed by atoms with Crippen LogP contribution in [-0.2, 0) is 11.3 Å². The van der Waals surface area contributed by atoms with E-state index < -0.39 is 11.9 Å². The van der Waals surface area contributed by atoms with Crippen molar-refractivity contribution in [3.63, 3.8) is 0 Å². The van der Waals surface area contributed by atoms with Gasteiger partial charge in [-0.1, -0.05) is 29.8 Å². The Balaban J connectivity index is 1.80. The summed E-state index contributed by atoms with van der Waals surface area (Å²) in [5.74, 6) is -1.15. The number of aromatic nitrogens is 2. The minimum absolute atomic E-state index is 0.121. The van der Waals surface area contributed by atoms with Crippen molar-refractivity contribution >= 4 is 35.1 Å². The Hall–Kier alpha value is -2.83. The van der Waals surface area contributed by atoms with Crippen LogP contribution in [-0.4, -0.2) is 21.4 Å². The second-order valence-corrected chi connectivity index (χ2v) is 6.00. The van der Waals surface area contributed by atoms with Gasteiger partial charge in [0.25, 0.3) is 0 Å². The van der Waals surface area contributed by atoms with Gasteiger partial charge in [0.15, 0.2) is 5.15 Å². The number of ether oxygens (including phenoxy) is 1. The third kappa shape index (κ3) is 3.71. The van der Waals surface area contributed by atoms with Crippen LogP contribution in [0.2, 0.25) is 10.4 Å². The lowest BCUT2D eigenvalue weighted by atomic mass is 10.1. The molecule has 0 aliphatic carbocycles. The molecule has 26 heavy (non-hydrogen) atoms. The Bertz CT molecular complexity index is 954. The van der Waals surface area contributed by atoms with Crippen LogP contribution < -0.4 is 5.73 Å². The summed E-state index contributed by atoms with van der Waals surface area (Å²) in [5, 5.41) is 0.314. The first-order valence-electron chi connectivity index (χ1n) is 7.52. The van der Waals surface area contributed by atoms with Gasteiger partial charge in [0.05, 0.1) is 5.56 Å². The van der Waals surface area contributed by atoms with Gasteiger partial charge >= 0.3 is 5.97 Å². The Morgan fingerprint density at radius 3 is 2.23 bits per heavy atom. The van der Waals surface area contributed by atoms with Crippen molar-refractivity contribution < 1.29 is 14.3 Å². The lowest BCUT2D eigenvalue weighted by Crippen LogP contribution is -2.12. The first-order valence-corrected chi connectivity index (χ1v) is 8.28. The van der Waals surface area contributed by atoms with Crippen molar-refractivity contribution in [1.29, 1.82) is 0 Å². The Morgan fingerprint density at radius 2 is 1.62 bits per heavy atom. The number of esters is 1. The summed E-state index contributed by atoms with van der Waals surface area (Å²) in [6.07, 6.45) is 0. The standard InChI is InChI=1S/C18H13Cl2N3O3/c19-15-14(23(18(20)22-15)13-4-2-1-3-5-13)10-26-17(25)12-8-6-11(7-9-12)16(21)24/h1-9H,10H2,(H2,21,24). The Labute approximate surface area is 159 Å². The summed E-state index contributed by atoms with van der Waals surface area (Å²) < 4.78 is 6.92. The van der Waals surface area contributed by atoms with Crippen molar-refractivity contribution in [3.05, 3.63) is 81.9 Å². The van der Waals surface area contributed by atoms with Crippen LogP contribution in [0.1, 0.15) is 26.4 Å². The van der Waals surface area contributed by atoms with Crippen LogP contribution in [0.25, 0.3) is 5.69 Å². The maximum absolute atomic E-state index is 12.2. The summed E-state index contributed by atoms with van der Waals surface area (Å²) >= 11 is 12.3. The van der Waals surface area contributed by atoms with Crippen LogP contribution in [0.5, 0.6) is 0 Å². The molecule has 0 spiro atoms. The van der Waals surface area contributed by atoms with Gasteiger partial charge in [0.2, 0.25) is 11.2 Å². The number of halogens is 2. The molecule has 0 atom stereocenters. The van der Waals surface area contributed by atoms with Crippen molar-refractivity contribution in [2.75, 3.05) is 0 Å². The van der Waals surface area contributed by atoms with Crippen LogP contribution in [0.3, 0.4) is 0 Å². The molecule has 0 saturated carbocycles. The van der Waals surface area contributed by atoms with Crippen molar-refractivity contribution in [2.24, 2.45) is 5.73 Å². The van der Waals surface area contributed by atoms with E-state index in [1.165, 1.54) is 24.3 Å². The number of carbonyl (C=O) groups excluding carboxylic acids is 2. The Morgan fingerprint density at radius 1 is 1.00 bits per heavy atom. The summed E-state index contributed by atoms with van der Waals surface area (Å²) in [6, 6.07) is 15.1. The van der Waals surface area contributed by atoms with Gasteiger partial charge in [0, 0.05) is 11.3 Å². The topological polar surface area (TPSA) is 87.2 Å². The summed E-state index contributed by atoms with van der Waals surface area (Å²) in [5.41, 5.74) is 6.95. The number of amides is 1. The monoisotopic (exact) mass is 389 g/mol. The highest BCUT2D eigenvalue weighted by atomic mass is 35.5. The maximum Gasteiger partial charge on any atom is 0.338 e. The molecule has 3 rings (SSSR count). The molecule has 1 amide bonds. The van der Waals surface area contributed by atoms with E-state index >= 15 is 0 Å². The number of hydrogen-bond donors (Lipinski definition) is 1. The molecule has 3 aromatic rings. The highest BCUT2D eigenvalue weighted by Crippen LogP contribution is 2.26. The van der Waals surface area contributed by atoms with Gasteiger partial charge in [-0.2, -0.15) is 0 Å². The minimum atomic E-state index is -0.575. The number of benzene rings is 2. The number of nitrogens with zero attached hydrogens (tertiary/aromatic N) is 2. The zero-order chi connectivity index (χ0) is 18.7. The van der Waals surface area contributed by atoms with E-state index in [2.05, 4.69) is 4.98 Å². The molecule has 8 heteroatoms. The molecule has 1 aromatic heterocycles. The molecule has 6 nitrogen and oxygen atoms in total. The van der Waals surface area contributed by atoms with E-state index in [0.717, 1.165) is 5.69 Å². The molecule has 0 aliphatic heterocycles. The molecule has 2 aromatic carbocycles. The van der Waals surface area contributed by atoms with Crippen LogP contribution in [0.4, 0.5) is 0 Å². The zero-order valence-corrected chi connectivity index (χ0v) is 14.9. The van der Waals surface area contributed by atoms with E-state index in [9.17, 15) is 9.59 Å². The van der Waals surface area contributed by atoms with Gasteiger partial charge in [-0.15, -0.1) is 0 Å². The third-order valence-electron chi connectivity index (χ3n) is 3.64. The van der Waals surface area contributed by atoms with Gasteiger partial charge in [-0.05, 0) is 48.0 Å². The first kappa shape index (κ1) is 18.0. The van der Waals surface area contributed by atoms with E-state index in [1.54, 1.807) is 4.57 Å². The highest BCUT2D eigenvalue weighted by molar-refractivity contribution is 6.33. The molecule has 0 unspecified atom stereocenters. The molecule has 0 saturated heterocycles. The van der Waals surface area contributed by atoms with Gasteiger partial charge in [0.1, 0.15) is 12.3 Å². The maximum atomic E-state index is 12.2. The second kappa shape index (κ2) is 7.59. The van der Waals surface area contributed by atoms with Crippen molar-refractivity contribution in [3.8, 4) is 5.69 Å². The number of imidazole rings is 1. The quantitative estimate of drug-likeness (QED) is 0.674.